The number of hydrogen-bond donors (Lipinski definition) is 0. The lowest BCUT2D eigenvalue weighted by atomic mass is 10.2. The lowest BCUT2D eigenvalue weighted by molar-refractivity contribution is -0.151. The molecule has 4 nitrogen and oxygen atoms in total. The first kappa shape index (κ1) is 14.4. The Morgan fingerprint density at radius 1 is 1.47 bits per heavy atom. The van der Waals surface area contributed by atoms with E-state index in [1.165, 1.54) is 11.8 Å². The second-order valence-electron chi connectivity index (χ2n) is 4.45. The van der Waals surface area contributed by atoms with E-state index in [1.54, 1.807) is 6.07 Å². The summed E-state index contributed by atoms with van der Waals surface area (Å²) < 4.78 is 5.92. The molecule has 1 heterocycles. The van der Waals surface area contributed by atoms with Crippen LogP contribution in [-0.4, -0.2) is 27.3 Å². The van der Waals surface area contributed by atoms with Crippen molar-refractivity contribution in [2.45, 2.75) is 38.3 Å². The second-order valence-corrected chi connectivity index (χ2v) is 6.26. The predicted octanol–water partition coefficient (Wildman–Crippen LogP) is 2.98. The molecule has 17 heavy (non-hydrogen) atoms. The van der Waals surface area contributed by atoms with Gasteiger partial charge in [0.15, 0.2) is 0 Å². The van der Waals surface area contributed by atoms with Crippen LogP contribution in [0.4, 0.5) is 0 Å². The highest BCUT2D eigenvalue weighted by atomic mass is 79.9. The van der Waals surface area contributed by atoms with Gasteiger partial charge in [-0.1, -0.05) is 11.8 Å². The first-order valence-electron chi connectivity index (χ1n) is 5.12. The zero-order valence-electron chi connectivity index (χ0n) is 10.3. The Kier molecular flexibility index (Phi) is 4.94. The number of carbonyl (C=O) groups is 1. The van der Waals surface area contributed by atoms with E-state index in [4.69, 9.17) is 4.74 Å². The summed E-state index contributed by atoms with van der Waals surface area (Å²) in [6.45, 7) is 7.35. The summed E-state index contributed by atoms with van der Waals surface area (Å²) in [5.41, 5.74) is -0.445. The van der Waals surface area contributed by atoms with Crippen LogP contribution in [-0.2, 0) is 9.53 Å². The molecule has 0 aromatic carbocycles. The third kappa shape index (κ3) is 6.02. The van der Waals surface area contributed by atoms with Gasteiger partial charge in [-0.15, -0.1) is 0 Å². The van der Waals surface area contributed by atoms with Crippen LogP contribution in [0.2, 0.25) is 0 Å². The molecule has 0 bridgehead atoms. The van der Waals surface area contributed by atoms with Crippen LogP contribution < -0.4 is 0 Å². The van der Waals surface area contributed by atoms with Gasteiger partial charge in [0.05, 0.1) is 5.75 Å². The molecule has 0 N–H and O–H groups in total. The number of nitrogens with zero attached hydrogens (tertiary/aromatic N) is 2. The van der Waals surface area contributed by atoms with Crippen LogP contribution >= 0.6 is 27.7 Å². The Labute approximate surface area is 114 Å². The topological polar surface area (TPSA) is 52.1 Å². The fraction of sp³-hybridized carbons (Fsp3) is 0.545. The minimum Gasteiger partial charge on any atom is -0.459 e. The molecule has 1 rings (SSSR count). The molecule has 0 amide bonds. The molecule has 0 aliphatic heterocycles. The quantitative estimate of drug-likeness (QED) is 0.487. The van der Waals surface area contributed by atoms with E-state index in [-0.39, 0.29) is 11.7 Å². The van der Waals surface area contributed by atoms with Crippen molar-refractivity contribution < 1.29 is 9.53 Å². The number of halogens is 1. The maximum atomic E-state index is 11.5. The highest BCUT2D eigenvalue weighted by molar-refractivity contribution is 9.10. The number of esters is 1. The molecule has 6 heteroatoms. The minimum absolute atomic E-state index is 0.241. The molecule has 0 aliphatic rings. The molecule has 94 valence electrons. The molecular weight excluding hydrogens is 304 g/mol. The molecule has 1 aromatic rings. The number of carbonyl (C=O) groups excluding carboxylic acids is 1. The molecule has 0 aliphatic carbocycles. The van der Waals surface area contributed by atoms with E-state index >= 15 is 0 Å². The van der Waals surface area contributed by atoms with E-state index in [9.17, 15) is 4.79 Å². The zero-order valence-corrected chi connectivity index (χ0v) is 12.7. The third-order valence-corrected chi connectivity index (χ3v) is 2.83. The molecule has 0 unspecified atom stereocenters. The Morgan fingerprint density at radius 3 is 2.65 bits per heavy atom. The maximum absolute atomic E-state index is 11.5. The van der Waals surface area contributed by atoms with E-state index in [0.29, 0.717) is 5.82 Å². The molecule has 0 atom stereocenters. The molecule has 0 spiro atoms. The van der Waals surface area contributed by atoms with Gasteiger partial charge in [-0.2, -0.15) is 0 Å². The van der Waals surface area contributed by atoms with Gasteiger partial charge in [0.25, 0.3) is 0 Å². The summed E-state index contributed by atoms with van der Waals surface area (Å²) in [5.74, 6) is 0.682. The normalized spacial score (nSPS) is 11.4. The Morgan fingerprint density at radius 2 is 2.12 bits per heavy atom. The summed E-state index contributed by atoms with van der Waals surface area (Å²) in [4.78, 5) is 19.8. The average molecular weight is 319 g/mol. The Balaban J connectivity index is 2.53. The fourth-order valence-corrected chi connectivity index (χ4v) is 2.42. The maximum Gasteiger partial charge on any atom is 0.316 e. The summed E-state index contributed by atoms with van der Waals surface area (Å²) in [6.07, 6.45) is 0. The molecule has 0 saturated heterocycles. The van der Waals surface area contributed by atoms with Gasteiger partial charge in [-0.3, -0.25) is 4.79 Å². The first-order valence-corrected chi connectivity index (χ1v) is 6.90. The average Bonchev–Trinajstić information content (AvgIpc) is 2.10. The lowest BCUT2D eigenvalue weighted by Crippen LogP contribution is -2.24. The van der Waals surface area contributed by atoms with Crippen molar-refractivity contribution >= 4 is 33.7 Å². The number of ether oxygens (including phenoxy) is 1. The van der Waals surface area contributed by atoms with Gasteiger partial charge in [0, 0.05) is 6.07 Å². The van der Waals surface area contributed by atoms with E-state index in [2.05, 4.69) is 25.9 Å². The van der Waals surface area contributed by atoms with Crippen molar-refractivity contribution in [2.24, 2.45) is 0 Å². The molecule has 0 fully saturated rings. The van der Waals surface area contributed by atoms with Gasteiger partial charge in [0.1, 0.15) is 21.1 Å². The summed E-state index contributed by atoms with van der Waals surface area (Å²) in [6, 6.07) is 1.78. The number of aryl methyl sites for hydroxylation is 1. The zero-order chi connectivity index (χ0) is 13.1. The molecular formula is C11H15BrN2O2S. The summed E-state index contributed by atoms with van der Waals surface area (Å²) in [7, 11) is 0. The monoisotopic (exact) mass is 318 g/mol. The van der Waals surface area contributed by atoms with Crippen LogP contribution in [0, 0.1) is 6.92 Å². The molecule has 0 saturated carbocycles. The number of hydrogen-bond acceptors (Lipinski definition) is 5. The van der Waals surface area contributed by atoms with E-state index < -0.39 is 5.60 Å². The lowest BCUT2D eigenvalue weighted by Gasteiger charge is -2.19. The van der Waals surface area contributed by atoms with Crippen molar-refractivity contribution in [1.82, 2.24) is 9.97 Å². The van der Waals surface area contributed by atoms with Gasteiger partial charge in [0.2, 0.25) is 0 Å². The van der Waals surface area contributed by atoms with Gasteiger partial charge >= 0.3 is 5.97 Å². The SMILES string of the molecule is Cc1nc(Br)cc(SCC(=O)OC(C)(C)C)n1. The highest BCUT2D eigenvalue weighted by Crippen LogP contribution is 2.20. The summed E-state index contributed by atoms with van der Waals surface area (Å²) >= 11 is 4.63. The van der Waals surface area contributed by atoms with Crippen molar-refractivity contribution in [2.75, 3.05) is 5.75 Å². The predicted molar refractivity (Wildman–Crippen MR) is 71.0 cm³/mol. The summed E-state index contributed by atoms with van der Waals surface area (Å²) in [5, 5.41) is 0.759. The Bertz CT molecular complexity index is 398. The molecule has 1 aromatic heterocycles. The van der Waals surface area contributed by atoms with Crippen LogP contribution in [0.25, 0.3) is 0 Å². The van der Waals surface area contributed by atoms with Gasteiger partial charge < -0.3 is 4.74 Å². The standard InChI is InChI=1S/C11H15BrN2O2S/c1-7-13-8(12)5-9(14-7)17-6-10(15)16-11(2,3)4/h5H,6H2,1-4H3. The minimum atomic E-state index is -0.445. The fourth-order valence-electron chi connectivity index (χ4n) is 1.08. The number of thioether (sulfide) groups is 1. The van der Waals surface area contributed by atoms with Crippen molar-refractivity contribution in [1.29, 1.82) is 0 Å². The number of rotatable bonds is 3. The van der Waals surface area contributed by atoms with E-state index in [1.807, 2.05) is 27.7 Å². The van der Waals surface area contributed by atoms with Crippen LogP contribution in [0.5, 0.6) is 0 Å². The van der Waals surface area contributed by atoms with Crippen LogP contribution in [0.15, 0.2) is 15.7 Å². The van der Waals surface area contributed by atoms with Crippen molar-refractivity contribution in [3.8, 4) is 0 Å². The van der Waals surface area contributed by atoms with Crippen molar-refractivity contribution in [3.05, 3.63) is 16.5 Å². The van der Waals surface area contributed by atoms with E-state index in [0.717, 1.165) is 9.63 Å². The highest BCUT2D eigenvalue weighted by Gasteiger charge is 2.16. The van der Waals surface area contributed by atoms with Gasteiger partial charge in [-0.25, -0.2) is 9.97 Å². The van der Waals surface area contributed by atoms with Crippen LogP contribution in [0.3, 0.4) is 0 Å². The number of aromatic nitrogens is 2. The molecule has 0 radical (unpaired) electrons. The van der Waals surface area contributed by atoms with Gasteiger partial charge in [-0.05, 0) is 43.6 Å². The Hall–Kier alpha value is -0.620. The second kappa shape index (κ2) is 5.82. The largest absolute Gasteiger partial charge is 0.459 e. The first-order chi connectivity index (χ1) is 7.76. The van der Waals surface area contributed by atoms with Crippen molar-refractivity contribution in [3.63, 3.8) is 0 Å². The third-order valence-electron chi connectivity index (χ3n) is 1.54. The van der Waals surface area contributed by atoms with Crippen LogP contribution in [0.1, 0.15) is 26.6 Å². The smallest absolute Gasteiger partial charge is 0.316 e.